The van der Waals surface area contributed by atoms with Crippen molar-refractivity contribution in [2.45, 2.75) is 25.0 Å². The summed E-state index contributed by atoms with van der Waals surface area (Å²) in [7, 11) is 1.74. The average molecular weight is 537 g/mol. The number of halogens is 2. The van der Waals surface area contributed by atoms with Crippen LogP contribution in [-0.2, 0) is 11.8 Å². The lowest BCUT2D eigenvalue weighted by Crippen LogP contribution is -2.33. The van der Waals surface area contributed by atoms with Gasteiger partial charge in [0, 0.05) is 29.8 Å². The number of nitrogens with zero attached hydrogens (tertiary/aromatic N) is 4. The summed E-state index contributed by atoms with van der Waals surface area (Å²) < 4.78 is 1.70. The number of carbonyl (C=O) groups is 2. The maximum atomic E-state index is 12.8. The van der Waals surface area contributed by atoms with Gasteiger partial charge in [0.1, 0.15) is 0 Å². The Balaban J connectivity index is 1.69. The number of carbonyl (C=O) groups excluding carboxylic acids is 2. The Morgan fingerprint density at radius 1 is 1.17 bits per heavy atom. The van der Waals surface area contributed by atoms with E-state index in [2.05, 4.69) is 20.8 Å². The SMILES string of the molecule is CC(C)[C@@H](NC(=O)c1cccc([N+](=O)[O-])c1)c1nnc(SCC(=O)Nc2ccc(Cl)cc2Cl)n1C. The summed E-state index contributed by atoms with van der Waals surface area (Å²) in [4.78, 5) is 35.6. The van der Waals surface area contributed by atoms with Crippen molar-refractivity contribution >= 4 is 58.2 Å². The molecular formula is C22H22Cl2N6O4S. The van der Waals surface area contributed by atoms with Crippen LogP contribution in [-0.4, -0.2) is 37.3 Å². The number of rotatable bonds is 9. The van der Waals surface area contributed by atoms with Gasteiger partial charge >= 0.3 is 0 Å². The number of aromatic nitrogens is 3. The summed E-state index contributed by atoms with van der Waals surface area (Å²) in [5, 5.41) is 26.3. The highest BCUT2D eigenvalue weighted by Gasteiger charge is 2.26. The van der Waals surface area contributed by atoms with Crippen LogP contribution in [0.3, 0.4) is 0 Å². The van der Waals surface area contributed by atoms with E-state index in [-0.39, 0.29) is 28.8 Å². The first kappa shape index (κ1) is 26.5. The monoisotopic (exact) mass is 536 g/mol. The fourth-order valence-electron chi connectivity index (χ4n) is 3.14. The Kier molecular flexibility index (Phi) is 8.71. The Bertz CT molecular complexity index is 1270. The molecule has 3 rings (SSSR count). The van der Waals surface area contributed by atoms with Gasteiger partial charge in [0.25, 0.3) is 11.6 Å². The van der Waals surface area contributed by atoms with Crippen LogP contribution in [0.5, 0.6) is 0 Å². The third kappa shape index (κ3) is 6.71. The van der Waals surface area contributed by atoms with Crippen molar-refractivity contribution in [3.05, 3.63) is 74.0 Å². The molecule has 3 aromatic rings. The normalized spacial score (nSPS) is 11.8. The van der Waals surface area contributed by atoms with Crippen molar-refractivity contribution in [2.24, 2.45) is 13.0 Å². The molecule has 0 unspecified atom stereocenters. The molecule has 184 valence electrons. The molecule has 35 heavy (non-hydrogen) atoms. The molecule has 1 aromatic heterocycles. The van der Waals surface area contributed by atoms with Crippen LogP contribution in [0.2, 0.25) is 10.0 Å². The summed E-state index contributed by atoms with van der Waals surface area (Å²) in [6, 6.07) is 9.75. The molecule has 2 aromatic carbocycles. The molecule has 0 aliphatic carbocycles. The van der Waals surface area contributed by atoms with Gasteiger partial charge in [-0.3, -0.25) is 19.7 Å². The number of non-ortho nitro benzene ring substituents is 1. The van der Waals surface area contributed by atoms with Gasteiger partial charge in [-0.2, -0.15) is 0 Å². The van der Waals surface area contributed by atoms with Crippen molar-refractivity contribution in [2.75, 3.05) is 11.1 Å². The van der Waals surface area contributed by atoms with Gasteiger partial charge in [0.2, 0.25) is 5.91 Å². The summed E-state index contributed by atoms with van der Waals surface area (Å²) in [5.41, 5.74) is 0.442. The second-order valence-corrected chi connectivity index (χ2v) is 9.65. The van der Waals surface area contributed by atoms with Crippen molar-refractivity contribution in [1.29, 1.82) is 0 Å². The summed E-state index contributed by atoms with van der Waals surface area (Å²) in [5.74, 6) is -0.278. The van der Waals surface area contributed by atoms with Crippen LogP contribution in [0.4, 0.5) is 11.4 Å². The largest absolute Gasteiger partial charge is 0.342 e. The van der Waals surface area contributed by atoms with Crippen LogP contribution >= 0.6 is 35.0 Å². The Labute approximate surface area is 215 Å². The van der Waals surface area contributed by atoms with E-state index in [1.165, 1.54) is 42.1 Å². The van der Waals surface area contributed by atoms with E-state index in [1.807, 2.05) is 13.8 Å². The number of nitro benzene ring substituents is 1. The number of amides is 2. The predicted molar refractivity (Wildman–Crippen MR) is 135 cm³/mol. The van der Waals surface area contributed by atoms with Crippen molar-refractivity contribution in [1.82, 2.24) is 20.1 Å². The zero-order chi connectivity index (χ0) is 25.7. The standard InChI is InChI=1S/C22H22Cl2N6O4S/c1-12(2)19(26-21(32)13-5-4-6-15(9-13)30(33)34)20-27-28-22(29(20)3)35-11-18(31)25-17-8-7-14(23)10-16(17)24/h4-10,12,19H,11H2,1-3H3,(H,25,31)(H,26,32)/t19-/m1/s1. The maximum Gasteiger partial charge on any atom is 0.270 e. The molecule has 0 aliphatic rings. The number of benzene rings is 2. The second-order valence-electron chi connectivity index (χ2n) is 7.86. The average Bonchev–Trinajstić information content (AvgIpc) is 3.17. The van der Waals surface area contributed by atoms with E-state index in [0.29, 0.717) is 26.7 Å². The highest BCUT2D eigenvalue weighted by atomic mass is 35.5. The van der Waals surface area contributed by atoms with Gasteiger partial charge in [-0.05, 0) is 30.2 Å². The number of nitrogens with one attached hydrogen (secondary N) is 2. The second kappa shape index (κ2) is 11.5. The Hall–Kier alpha value is -3.15. The van der Waals surface area contributed by atoms with Crippen LogP contribution in [0.1, 0.15) is 36.1 Å². The molecule has 0 aliphatic heterocycles. The lowest BCUT2D eigenvalue weighted by molar-refractivity contribution is -0.384. The molecule has 13 heteroatoms. The minimum Gasteiger partial charge on any atom is -0.342 e. The van der Waals surface area contributed by atoms with Gasteiger partial charge in [-0.25, -0.2) is 0 Å². The smallest absolute Gasteiger partial charge is 0.270 e. The van der Waals surface area contributed by atoms with Crippen LogP contribution in [0, 0.1) is 16.0 Å². The van der Waals surface area contributed by atoms with Gasteiger partial charge in [-0.15, -0.1) is 10.2 Å². The van der Waals surface area contributed by atoms with E-state index in [0.717, 1.165) is 0 Å². The van der Waals surface area contributed by atoms with Crippen molar-refractivity contribution in [3.8, 4) is 0 Å². The lowest BCUT2D eigenvalue weighted by atomic mass is 10.0. The first-order valence-electron chi connectivity index (χ1n) is 10.4. The first-order chi connectivity index (χ1) is 16.6. The van der Waals surface area contributed by atoms with Gasteiger partial charge < -0.3 is 15.2 Å². The molecule has 1 atom stereocenters. The van der Waals surface area contributed by atoms with E-state index in [4.69, 9.17) is 23.2 Å². The lowest BCUT2D eigenvalue weighted by Gasteiger charge is -2.21. The molecule has 1 heterocycles. The molecule has 0 radical (unpaired) electrons. The van der Waals surface area contributed by atoms with E-state index in [1.54, 1.807) is 23.7 Å². The van der Waals surface area contributed by atoms with Crippen LogP contribution in [0.25, 0.3) is 0 Å². The van der Waals surface area contributed by atoms with Crippen molar-refractivity contribution < 1.29 is 14.5 Å². The summed E-state index contributed by atoms with van der Waals surface area (Å²) >= 11 is 13.1. The van der Waals surface area contributed by atoms with Gasteiger partial charge in [-0.1, -0.05) is 54.9 Å². The third-order valence-electron chi connectivity index (χ3n) is 4.96. The summed E-state index contributed by atoms with van der Waals surface area (Å²) in [6.45, 7) is 3.81. The van der Waals surface area contributed by atoms with Crippen LogP contribution < -0.4 is 10.6 Å². The van der Waals surface area contributed by atoms with E-state index >= 15 is 0 Å². The van der Waals surface area contributed by atoms with Gasteiger partial charge in [0.15, 0.2) is 11.0 Å². The van der Waals surface area contributed by atoms with E-state index in [9.17, 15) is 19.7 Å². The quantitative estimate of drug-likeness (QED) is 0.226. The van der Waals surface area contributed by atoms with E-state index < -0.39 is 16.9 Å². The number of thioether (sulfide) groups is 1. The van der Waals surface area contributed by atoms with Crippen LogP contribution in [0.15, 0.2) is 47.6 Å². The van der Waals surface area contributed by atoms with Gasteiger partial charge in [0.05, 0.1) is 27.4 Å². The molecule has 2 N–H and O–H groups in total. The fraction of sp³-hybridized carbons (Fsp3) is 0.273. The topological polar surface area (TPSA) is 132 Å². The summed E-state index contributed by atoms with van der Waals surface area (Å²) in [6.07, 6.45) is 0. The first-order valence-corrected chi connectivity index (χ1v) is 12.1. The zero-order valence-electron chi connectivity index (χ0n) is 19.0. The number of anilines is 1. The third-order valence-corrected chi connectivity index (χ3v) is 6.52. The maximum absolute atomic E-state index is 12.8. The molecule has 0 saturated heterocycles. The Morgan fingerprint density at radius 3 is 2.57 bits per heavy atom. The molecule has 10 nitrogen and oxygen atoms in total. The predicted octanol–water partition coefficient (Wildman–Crippen LogP) is 4.89. The fourth-order valence-corrected chi connectivity index (χ4v) is 4.32. The number of hydrogen-bond acceptors (Lipinski definition) is 7. The zero-order valence-corrected chi connectivity index (χ0v) is 21.3. The highest BCUT2D eigenvalue weighted by molar-refractivity contribution is 7.99. The molecular weight excluding hydrogens is 515 g/mol. The number of hydrogen-bond donors (Lipinski definition) is 2. The molecule has 0 spiro atoms. The minimum absolute atomic E-state index is 0.0529. The van der Waals surface area contributed by atoms with Crippen molar-refractivity contribution in [3.63, 3.8) is 0 Å². The Morgan fingerprint density at radius 2 is 1.91 bits per heavy atom. The number of nitro groups is 1. The molecule has 0 fully saturated rings. The minimum atomic E-state index is -0.556. The molecule has 0 bridgehead atoms. The molecule has 2 amide bonds. The highest BCUT2D eigenvalue weighted by Crippen LogP contribution is 2.27. The molecule has 0 saturated carbocycles.